The van der Waals surface area contributed by atoms with E-state index >= 15 is 0 Å². The maximum Gasteiger partial charge on any atom is 0.103 e. The minimum atomic E-state index is -0.460. The van der Waals surface area contributed by atoms with E-state index in [0.717, 1.165) is 35.8 Å². The molecular weight excluding hydrogens is 248 g/mol. The van der Waals surface area contributed by atoms with E-state index in [2.05, 4.69) is 9.97 Å². The van der Waals surface area contributed by atoms with E-state index in [0.29, 0.717) is 0 Å². The number of hydrogen-bond acceptors (Lipinski definition) is 2. The van der Waals surface area contributed by atoms with Crippen LogP contribution in [0.1, 0.15) is 36.0 Å². The Morgan fingerprint density at radius 3 is 2.67 bits per heavy atom. The van der Waals surface area contributed by atoms with Crippen LogP contribution in [0.15, 0.2) is 30.5 Å². The summed E-state index contributed by atoms with van der Waals surface area (Å²) in [5, 5.41) is 10.7. The lowest BCUT2D eigenvalue weighted by Crippen LogP contribution is -1.99. The van der Waals surface area contributed by atoms with Gasteiger partial charge in [-0.3, -0.25) is 0 Å². The minimum Gasteiger partial charge on any atom is -0.387 e. The molecule has 0 aliphatic heterocycles. The van der Waals surface area contributed by atoms with Gasteiger partial charge in [-0.15, -0.1) is 0 Å². The third-order valence-electron chi connectivity index (χ3n) is 2.94. The van der Waals surface area contributed by atoms with Gasteiger partial charge in [-0.25, -0.2) is 4.98 Å². The van der Waals surface area contributed by atoms with E-state index in [9.17, 15) is 5.11 Å². The van der Waals surface area contributed by atoms with Crippen molar-refractivity contribution in [1.82, 2.24) is 9.97 Å². The van der Waals surface area contributed by atoms with Crippen LogP contribution < -0.4 is 0 Å². The summed E-state index contributed by atoms with van der Waals surface area (Å²) in [4.78, 5) is 7.14. The van der Waals surface area contributed by atoms with Gasteiger partial charge in [0, 0.05) is 5.02 Å². The average molecular weight is 265 g/mol. The molecule has 3 nitrogen and oxygen atoms in total. The first-order chi connectivity index (χ1) is 8.65. The van der Waals surface area contributed by atoms with Crippen molar-refractivity contribution in [2.75, 3.05) is 0 Å². The van der Waals surface area contributed by atoms with Crippen molar-refractivity contribution >= 4 is 11.6 Å². The smallest absolute Gasteiger partial charge is 0.103 e. The second kappa shape index (κ2) is 6.03. The molecule has 0 bridgehead atoms. The second-order valence-electron chi connectivity index (χ2n) is 4.46. The summed E-state index contributed by atoms with van der Waals surface area (Å²) in [5.41, 5.74) is 2.04. The predicted octanol–water partition coefficient (Wildman–Crippen LogP) is 3.43. The number of aromatic amines is 1. The molecule has 18 heavy (non-hydrogen) atoms. The van der Waals surface area contributed by atoms with Gasteiger partial charge >= 0.3 is 0 Å². The highest BCUT2D eigenvalue weighted by atomic mass is 35.5. The molecule has 0 saturated carbocycles. The molecule has 1 heterocycles. The molecule has 2 rings (SSSR count). The molecule has 4 heteroatoms. The van der Waals surface area contributed by atoms with Crippen LogP contribution in [0.3, 0.4) is 0 Å². The zero-order chi connectivity index (χ0) is 13.0. The number of imidazole rings is 1. The van der Waals surface area contributed by atoms with E-state index in [1.807, 2.05) is 31.2 Å². The highest BCUT2D eigenvalue weighted by molar-refractivity contribution is 6.30. The van der Waals surface area contributed by atoms with Crippen LogP contribution in [-0.4, -0.2) is 15.1 Å². The van der Waals surface area contributed by atoms with Crippen molar-refractivity contribution < 1.29 is 5.11 Å². The summed E-state index contributed by atoms with van der Waals surface area (Å²) >= 11 is 5.83. The first-order valence-corrected chi connectivity index (χ1v) is 6.47. The molecular formula is C14H17ClN2O. The van der Waals surface area contributed by atoms with Crippen LogP contribution in [0, 0.1) is 6.92 Å². The standard InChI is InChI=1S/C14H17ClN2O/c1-10-16-9-13(17-10)14(18)4-2-3-11-5-7-12(15)8-6-11/h5-9,14,18H,2-4H2,1H3,(H,16,17). The molecule has 0 saturated heterocycles. The maximum atomic E-state index is 9.96. The monoisotopic (exact) mass is 264 g/mol. The van der Waals surface area contributed by atoms with Gasteiger partial charge in [-0.2, -0.15) is 0 Å². The van der Waals surface area contributed by atoms with Crippen LogP contribution >= 0.6 is 11.6 Å². The third-order valence-corrected chi connectivity index (χ3v) is 3.19. The molecule has 2 N–H and O–H groups in total. The quantitative estimate of drug-likeness (QED) is 0.869. The third kappa shape index (κ3) is 3.59. The number of H-pyrrole nitrogens is 1. The number of aliphatic hydroxyl groups is 1. The summed E-state index contributed by atoms with van der Waals surface area (Å²) in [6, 6.07) is 7.83. The zero-order valence-electron chi connectivity index (χ0n) is 10.4. The average Bonchev–Trinajstić information content (AvgIpc) is 2.78. The lowest BCUT2D eigenvalue weighted by atomic mass is 10.0. The van der Waals surface area contributed by atoms with E-state index in [1.165, 1.54) is 5.56 Å². The Bertz CT molecular complexity index is 493. The molecule has 1 aromatic carbocycles. The lowest BCUT2D eigenvalue weighted by molar-refractivity contribution is 0.160. The van der Waals surface area contributed by atoms with E-state index < -0.39 is 6.10 Å². The first kappa shape index (κ1) is 13.1. The Balaban J connectivity index is 1.80. The summed E-state index contributed by atoms with van der Waals surface area (Å²) in [7, 11) is 0. The second-order valence-corrected chi connectivity index (χ2v) is 4.89. The fourth-order valence-corrected chi connectivity index (χ4v) is 2.04. The number of hydrogen-bond donors (Lipinski definition) is 2. The van der Waals surface area contributed by atoms with Crippen LogP contribution in [0.4, 0.5) is 0 Å². The van der Waals surface area contributed by atoms with Crippen LogP contribution in [0.2, 0.25) is 5.02 Å². The van der Waals surface area contributed by atoms with Crippen molar-refractivity contribution in [1.29, 1.82) is 0 Å². The molecule has 0 fully saturated rings. The zero-order valence-corrected chi connectivity index (χ0v) is 11.1. The maximum absolute atomic E-state index is 9.96. The van der Waals surface area contributed by atoms with Gasteiger partial charge in [0.2, 0.25) is 0 Å². The van der Waals surface area contributed by atoms with E-state index in [-0.39, 0.29) is 0 Å². The highest BCUT2D eigenvalue weighted by Gasteiger charge is 2.09. The Kier molecular flexibility index (Phi) is 4.39. The number of rotatable bonds is 5. The van der Waals surface area contributed by atoms with Crippen molar-refractivity contribution in [2.24, 2.45) is 0 Å². The number of nitrogens with one attached hydrogen (secondary N) is 1. The van der Waals surface area contributed by atoms with Gasteiger partial charge in [0.25, 0.3) is 0 Å². The van der Waals surface area contributed by atoms with Crippen LogP contribution in [0.5, 0.6) is 0 Å². The largest absolute Gasteiger partial charge is 0.387 e. The molecule has 1 atom stereocenters. The van der Waals surface area contributed by atoms with Gasteiger partial charge in [0.15, 0.2) is 0 Å². The number of benzene rings is 1. The molecule has 2 aromatic rings. The van der Waals surface area contributed by atoms with Gasteiger partial charge in [0.1, 0.15) is 5.82 Å². The first-order valence-electron chi connectivity index (χ1n) is 6.09. The molecule has 1 aromatic heterocycles. The highest BCUT2D eigenvalue weighted by Crippen LogP contribution is 2.18. The molecule has 0 aliphatic carbocycles. The molecule has 96 valence electrons. The number of aromatic nitrogens is 2. The minimum absolute atomic E-state index is 0.460. The topological polar surface area (TPSA) is 48.9 Å². The summed E-state index contributed by atoms with van der Waals surface area (Å²) in [6.45, 7) is 1.88. The molecule has 0 spiro atoms. The van der Waals surface area contributed by atoms with Crippen LogP contribution in [0.25, 0.3) is 0 Å². The fourth-order valence-electron chi connectivity index (χ4n) is 1.92. The summed E-state index contributed by atoms with van der Waals surface area (Å²) in [5.74, 6) is 0.835. The SMILES string of the molecule is Cc1ncc(C(O)CCCc2ccc(Cl)cc2)[nH]1. The van der Waals surface area contributed by atoms with Gasteiger partial charge in [0.05, 0.1) is 18.0 Å². The fraction of sp³-hybridized carbons (Fsp3) is 0.357. The van der Waals surface area contributed by atoms with Crippen molar-refractivity contribution in [2.45, 2.75) is 32.3 Å². The molecule has 1 unspecified atom stereocenters. The normalized spacial score (nSPS) is 12.6. The van der Waals surface area contributed by atoms with Crippen LogP contribution in [-0.2, 0) is 6.42 Å². The number of aryl methyl sites for hydroxylation is 2. The summed E-state index contributed by atoms with van der Waals surface area (Å²) < 4.78 is 0. The van der Waals surface area contributed by atoms with Crippen molar-refractivity contribution in [3.63, 3.8) is 0 Å². The van der Waals surface area contributed by atoms with E-state index in [4.69, 9.17) is 11.6 Å². The predicted molar refractivity (Wildman–Crippen MR) is 72.7 cm³/mol. The van der Waals surface area contributed by atoms with Crippen molar-refractivity contribution in [3.8, 4) is 0 Å². The van der Waals surface area contributed by atoms with Gasteiger partial charge in [-0.1, -0.05) is 23.7 Å². The number of nitrogens with zero attached hydrogens (tertiary/aromatic N) is 1. The molecule has 0 aliphatic rings. The van der Waals surface area contributed by atoms with E-state index in [1.54, 1.807) is 6.20 Å². The van der Waals surface area contributed by atoms with Gasteiger partial charge in [-0.05, 0) is 43.9 Å². The molecule has 0 radical (unpaired) electrons. The Hall–Kier alpha value is -1.32. The molecule has 0 amide bonds. The van der Waals surface area contributed by atoms with Crippen molar-refractivity contribution in [3.05, 3.63) is 52.6 Å². The van der Waals surface area contributed by atoms with Gasteiger partial charge < -0.3 is 10.1 Å². The lowest BCUT2D eigenvalue weighted by Gasteiger charge is -2.08. The summed E-state index contributed by atoms with van der Waals surface area (Å²) in [6.07, 6.45) is 3.84. The Morgan fingerprint density at radius 2 is 2.06 bits per heavy atom. The Morgan fingerprint density at radius 1 is 1.33 bits per heavy atom. The number of aliphatic hydroxyl groups excluding tert-OH is 1. The number of halogens is 1. The Labute approximate surface area is 112 Å².